The Balaban J connectivity index is 1.33. The van der Waals surface area contributed by atoms with Crippen molar-refractivity contribution < 1.29 is 4.79 Å². The van der Waals surface area contributed by atoms with Gasteiger partial charge in [0.15, 0.2) is 0 Å². The van der Waals surface area contributed by atoms with Crippen LogP contribution >= 0.6 is 11.3 Å². The van der Waals surface area contributed by atoms with Crippen LogP contribution in [0.3, 0.4) is 0 Å². The van der Waals surface area contributed by atoms with E-state index in [2.05, 4.69) is 83.5 Å². The number of amides is 1. The minimum Gasteiger partial charge on any atom is -0.350 e. The molecule has 4 nitrogen and oxygen atoms in total. The number of thiophene rings is 1. The summed E-state index contributed by atoms with van der Waals surface area (Å²) in [6.07, 6.45) is 0. The third-order valence-electron chi connectivity index (χ3n) is 5.86. The Labute approximate surface area is 180 Å². The van der Waals surface area contributed by atoms with Gasteiger partial charge in [0.1, 0.15) is 5.69 Å². The lowest BCUT2D eigenvalue weighted by Gasteiger charge is -2.39. The van der Waals surface area contributed by atoms with Gasteiger partial charge in [-0.3, -0.25) is 9.69 Å². The molecule has 4 aromatic rings. The molecule has 1 amide bonds. The van der Waals surface area contributed by atoms with Crippen molar-refractivity contribution in [3.63, 3.8) is 0 Å². The Morgan fingerprint density at radius 2 is 1.50 bits per heavy atom. The van der Waals surface area contributed by atoms with Gasteiger partial charge in [0.05, 0.1) is 16.3 Å². The zero-order valence-electron chi connectivity index (χ0n) is 17.0. The van der Waals surface area contributed by atoms with E-state index in [1.165, 1.54) is 16.0 Å². The van der Waals surface area contributed by atoms with Gasteiger partial charge in [0.2, 0.25) is 0 Å². The molecule has 0 saturated carbocycles. The van der Waals surface area contributed by atoms with Crippen LogP contribution < -0.4 is 0 Å². The third-order valence-corrected chi connectivity index (χ3v) is 6.85. The average Bonchev–Trinajstić information content (AvgIpc) is 3.33. The van der Waals surface area contributed by atoms with Gasteiger partial charge in [-0.25, -0.2) is 0 Å². The van der Waals surface area contributed by atoms with E-state index in [0.29, 0.717) is 5.69 Å². The van der Waals surface area contributed by atoms with Crippen molar-refractivity contribution in [2.45, 2.75) is 13.0 Å². The fourth-order valence-corrected chi connectivity index (χ4v) is 5.32. The predicted octanol–water partition coefficient (Wildman–Crippen LogP) is 5.09. The Morgan fingerprint density at radius 3 is 2.07 bits per heavy atom. The van der Waals surface area contributed by atoms with Crippen LogP contribution in [-0.4, -0.2) is 46.9 Å². The van der Waals surface area contributed by atoms with Gasteiger partial charge >= 0.3 is 0 Å². The second-order valence-electron chi connectivity index (χ2n) is 7.87. The number of fused-ring (bicyclic) bond motifs is 1. The van der Waals surface area contributed by atoms with Crippen molar-refractivity contribution in [3.05, 3.63) is 94.5 Å². The van der Waals surface area contributed by atoms with Gasteiger partial charge in [-0.1, -0.05) is 60.7 Å². The number of nitrogens with zero attached hydrogens (tertiary/aromatic N) is 2. The molecule has 0 unspecified atom stereocenters. The second-order valence-corrected chi connectivity index (χ2v) is 9.16. The number of carbonyl (C=O) groups excluding carboxylic acids is 1. The molecule has 1 aliphatic rings. The molecule has 0 aliphatic carbocycles. The molecule has 5 rings (SSSR count). The summed E-state index contributed by atoms with van der Waals surface area (Å²) in [5, 5.41) is 0. The largest absolute Gasteiger partial charge is 0.350 e. The van der Waals surface area contributed by atoms with Gasteiger partial charge in [-0.2, -0.15) is 0 Å². The fraction of sp³-hybridized carbons (Fsp3) is 0.240. The smallest absolute Gasteiger partial charge is 0.270 e. The Kier molecular flexibility index (Phi) is 5.15. The van der Waals surface area contributed by atoms with E-state index in [0.717, 1.165) is 36.4 Å². The van der Waals surface area contributed by atoms with Crippen LogP contribution in [0.25, 0.3) is 10.2 Å². The molecule has 0 spiro atoms. The molecule has 1 fully saturated rings. The van der Waals surface area contributed by atoms with Crippen LogP contribution in [-0.2, 0) is 0 Å². The number of H-pyrrole nitrogens is 1. The Hall–Kier alpha value is -2.89. The maximum absolute atomic E-state index is 13.0. The SMILES string of the molecule is Cc1cc2[nH]c(C(=O)N3CCN(C(c4ccccc4)c4ccccc4)CC3)cc2s1. The van der Waals surface area contributed by atoms with Gasteiger partial charge in [-0.15, -0.1) is 11.3 Å². The maximum atomic E-state index is 13.0. The number of piperazine rings is 1. The highest BCUT2D eigenvalue weighted by Crippen LogP contribution is 2.30. The lowest BCUT2D eigenvalue weighted by atomic mass is 9.96. The van der Waals surface area contributed by atoms with Crippen molar-refractivity contribution in [1.82, 2.24) is 14.8 Å². The van der Waals surface area contributed by atoms with Crippen molar-refractivity contribution in [3.8, 4) is 0 Å². The summed E-state index contributed by atoms with van der Waals surface area (Å²) in [7, 11) is 0. The highest BCUT2D eigenvalue weighted by atomic mass is 32.1. The number of hydrogen-bond donors (Lipinski definition) is 1. The Morgan fingerprint density at radius 1 is 0.900 bits per heavy atom. The minimum absolute atomic E-state index is 0.103. The first-order valence-electron chi connectivity index (χ1n) is 10.4. The summed E-state index contributed by atoms with van der Waals surface area (Å²) in [4.78, 5) is 22.1. The van der Waals surface area contributed by atoms with E-state index in [-0.39, 0.29) is 11.9 Å². The van der Waals surface area contributed by atoms with Gasteiger partial charge < -0.3 is 9.88 Å². The van der Waals surface area contributed by atoms with Gasteiger partial charge in [-0.05, 0) is 30.2 Å². The molecule has 3 heterocycles. The number of benzene rings is 2. The average molecular weight is 416 g/mol. The number of hydrogen-bond acceptors (Lipinski definition) is 3. The molecule has 1 N–H and O–H groups in total. The number of aryl methyl sites for hydroxylation is 1. The molecule has 1 saturated heterocycles. The number of rotatable bonds is 4. The zero-order valence-corrected chi connectivity index (χ0v) is 17.9. The normalized spacial score (nSPS) is 15.2. The molecule has 2 aromatic heterocycles. The van der Waals surface area contributed by atoms with Crippen LogP contribution in [0.2, 0.25) is 0 Å². The van der Waals surface area contributed by atoms with E-state index in [1.54, 1.807) is 11.3 Å². The van der Waals surface area contributed by atoms with Crippen LogP contribution in [0.5, 0.6) is 0 Å². The van der Waals surface area contributed by atoms with E-state index >= 15 is 0 Å². The van der Waals surface area contributed by atoms with Crippen LogP contribution in [0, 0.1) is 6.92 Å². The minimum atomic E-state index is 0.103. The van der Waals surface area contributed by atoms with Crippen LogP contribution in [0.15, 0.2) is 72.8 Å². The quantitative estimate of drug-likeness (QED) is 0.505. The first-order chi connectivity index (χ1) is 14.7. The number of carbonyl (C=O) groups is 1. The Bertz CT molecular complexity index is 1070. The first kappa shape index (κ1) is 19.1. The zero-order chi connectivity index (χ0) is 20.5. The molecular formula is C25H25N3OS. The highest BCUT2D eigenvalue weighted by molar-refractivity contribution is 7.19. The molecule has 1 aliphatic heterocycles. The van der Waals surface area contributed by atoms with Crippen LogP contribution in [0.4, 0.5) is 0 Å². The van der Waals surface area contributed by atoms with E-state index in [1.807, 2.05) is 11.0 Å². The number of aromatic nitrogens is 1. The topological polar surface area (TPSA) is 39.3 Å². The van der Waals surface area contributed by atoms with E-state index in [4.69, 9.17) is 0 Å². The number of nitrogens with one attached hydrogen (secondary N) is 1. The summed E-state index contributed by atoms with van der Waals surface area (Å²) >= 11 is 1.73. The summed E-state index contributed by atoms with van der Waals surface area (Å²) in [5.41, 5.74) is 4.35. The molecule has 0 bridgehead atoms. The summed E-state index contributed by atoms with van der Waals surface area (Å²) in [5.74, 6) is 0.103. The highest BCUT2D eigenvalue weighted by Gasteiger charge is 2.29. The van der Waals surface area contributed by atoms with Crippen molar-refractivity contribution in [2.75, 3.05) is 26.2 Å². The molecule has 2 aromatic carbocycles. The molecule has 152 valence electrons. The van der Waals surface area contributed by atoms with Crippen molar-refractivity contribution >= 4 is 27.5 Å². The van der Waals surface area contributed by atoms with Crippen molar-refractivity contribution in [2.24, 2.45) is 0 Å². The van der Waals surface area contributed by atoms with Gasteiger partial charge in [0.25, 0.3) is 5.91 Å². The van der Waals surface area contributed by atoms with Crippen LogP contribution in [0.1, 0.15) is 32.5 Å². The summed E-state index contributed by atoms with van der Waals surface area (Å²) in [6.45, 7) is 5.28. The second kappa shape index (κ2) is 8.09. The fourth-order valence-electron chi connectivity index (χ4n) is 4.40. The van der Waals surface area contributed by atoms with Crippen molar-refractivity contribution in [1.29, 1.82) is 0 Å². The predicted molar refractivity (Wildman–Crippen MR) is 123 cm³/mol. The summed E-state index contributed by atoms with van der Waals surface area (Å²) < 4.78 is 1.16. The molecular weight excluding hydrogens is 390 g/mol. The molecule has 0 atom stereocenters. The lowest BCUT2D eigenvalue weighted by molar-refractivity contribution is 0.0592. The van der Waals surface area contributed by atoms with Gasteiger partial charge in [0, 0.05) is 31.1 Å². The monoisotopic (exact) mass is 415 g/mol. The summed E-state index contributed by atoms with van der Waals surface area (Å²) in [6, 6.07) is 25.6. The first-order valence-corrected chi connectivity index (χ1v) is 11.2. The molecule has 5 heteroatoms. The number of aromatic amines is 1. The third kappa shape index (κ3) is 3.66. The molecule has 0 radical (unpaired) electrons. The lowest BCUT2D eigenvalue weighted by Crippen LogP contribution is -2.50. The molecule has 30 heavy (non-hydrogen) atoms. The van der Waals surface area contributed by atoms with E-state index < -0.39 is 0 Å². The standard InChI is InChI=1S/C25H25N3OS/c1-18-16-21-23(30-18)17-22(26-21)25(29)28-14-12-27(13-15-28)24(19-8-4-2-5-9-19)20-10-6-3-7-11-20/h2-11,16-17,24,26H,12-15H2,1H3. The maximum Gasteiger partial charge on any atom is 0.270 e. The van der Waals surface area contributed by atoms with E-state index in [9.17, 15) is 4.79 Å².